The van der Waals surface area contributed by atoms with Crippen molar-refractivity contribution in [1.29, 1.82) is 0 Å². The highest BCUT2D eigenvalue weighted by atomic mass is 16.5. The molecule has 0 spiro atoms. The highest BCUT2D eigenvalue weighted by Crippen LogP contribution is 2.42. The molecule has 4 rings (SSSR count). The molecular weight excluding hydrogens is 372 g/mol. The molecule has 2 fully saturated rings. The molecule has 2 heterocycles. The van der Waals surface area contributed by atoms with Crippen molar-refractivity contribution in [3.8, 4) is 0 Å². The summed E-state index contributed by atoms with van der Waals surface area (Å²) in [5.74, 6) is 0.670. The number of methoxy groups -OCH3 is 1. The molecule has 9 nitrogen and oxygen atoms in total. The largest absolute Gasteiger partial charge is 0.392 e. The van der Waals surface area contributed by atoms with Crippen molar-refractivity contribution in [1.82, 2.24) is 30.4 Å². The molecule has 2 aliphatic rings. The van der Waals surface area contributed by atoms with Gasteiger partial charge in [0.1, 0.15) is 5.82 Å². The number of aliphatic hydroxyl groups excluding tert-OH is 1. The van der Waals surface area contributed by atoms with E-state index in [-0.39, 0.29) is 17.9 Å². The first-order valence-corrected chi connectivity index (χ1v) is 10.3. The van der Waals surface area contributed by atoms with E-state index in [2.05, 4.69) is 25.7 Å². The van der Waals surface area contributed by atoms with E-state index in [0.29, 0.717) is 32.0 Å². The second-order valence-corrected chi connectivity index (χ2v) is 8.07. The minimum Gasteiger partial charge on any atom is -0.392 e. The fraction of sp³-hybridized carbons (Fsp3) is 0.650. The summed E-state index contributed by atoms with van der Waals surface area (Å²) in [6, 6.07) is 1.91. The van der Waals surface area contributed by atoms with Crippen molar-refractivity contribution in [2.75, 3.05) is 20.3 Å². The summed E-state index contributed by atoms with van der Waals surface area (Å²) in [6.07, 6.45) is 5.68. The first kappa shape index (κ1) is 20.1. The lowest BCUT2D eigenvalue weighted by Gasteiger charge is -2.22. The monoisotopic (exact) mass is 402 g/mol. The van der Waals surface area contributed by atoms with Crippen LogP contribution >= 0.6 is 0 Å². The number of hydrogen-bond donors (Lipinski definition) is 4. The van der Waals surface area contributed by atoms with Gasteiger partial charge in [-0.3, -0.25) is 9.48 Å². The van der Waals surface area contributed by atoms with Gasteiger partial charge in [-0.25, -0.2) is 4.98 Å². The maximum absolute atomic E-state index is 12.7. The van der Waals surface area contributed by atoms with Gasteiger partial charge in [0.15, 0.2) is 0 Å². The molecule has 2 aliphatic carbocycles. The Kier molecular flexibility index (Phi) is 5.98. The van der Waals surface area contributed by atoms with Crippen LogP contribution in [-0.2, 0) is 23.1 Å². The van der Waals surface area contributed by atoms with E-state index in [4.69, 9.17) is 4.74 Å². The second-order valence-electron chi connectivity index (χ2n) is 8.07. The van der Waals surface area contributed by atoms with Gasteiger partial charge in [-0.1, -0.05) is 0 Å². The number of rotatable bonds is 9. The second kappa shape index (κ2) is 8.64. The standard InChI is InChI=1S/C20H30N6O3/c1-26-13(5-6-24-26)10-22-15-9-14(20(28)21-7-8-29-2)18(27)17(15)16-11-23-19(25-16)12-3-4-12/h5-6,11-12,14-15,17-18,22,27H,3-4,7-10H2,1-2H3,(H,21,28)(H,23,25)/t14-,15+,17+,18+/m0/s1. The fourth-order valence-corrected chi connectivity index (χ4v) is 4.22. The molecular formula is C20H30N6O3. The summed E-state index contributed by atoms with van der Waals surface area (Å²) in [5.41, 5.74) is 1.95. The van der Waals surface area contributed by atoms with Crippen LogP contribution in [0.15, 0.2) is 18.5 Å². The average Bonchev–Trinajstić information content (AvgIpc) is 3.14. The van der Waals surface area contributed by atoms with Crippen LogP contribution in [0.2, 0.25) is 0 Å². The van der Waals surface area contributed by atoms with E-state index in [1.54, 1.807) is 13.3 Å². The molecule has 0 aromatic carbocycles. The van der Waals surface area contributed by atoms with Crippen molar-refractivity contribution in [3.05, 3.63) is 35.7 Å². The van der Waals surface area contributed by atoms with E-state index < -0.39 is 12.0 Å². The van der Waals surface area contributed by atoms with Crippen LogP contribution in [0, 0.1) is 5.92 Å². The zero-order chi connectivity index (χ0) is 20.4. The molecule has 4 atom stereocenters. The zero-order valence-electron chi connectivity index (χ0n) is 17.0. The van der Waals surface area contributed by atoms with E-state index >= 15 is 0 Å². The lowest BCUT2D eigenvalue weighted by Crippen LogP contribution is -2.37. The zero-order valence-corrected chi connectivity index (χ0v) is 17.0. The number of amides is 1. The summed E-state index contributed by atoms with van der Waals surface area (Å²) < 4.78 is 6.83. The van der Waals surface area contributed by atoms with Crippen molar-refractivity contribution in [3.63, 3.8) is 0 Å². The van der Waals surface area contributed by atoms with Crippen molar-refractivity contribution in [2.24, 2.45) is 13.0 Å². The summed E-state index contributed by atoms with van der Waals surface area (Å²) >= 11 is 0. The number of aliphatic hydroxyl groups is 1. The minimum atomic E-state index is -0.783. The maximum Gasteiger partial charge on any atom is 0.225 e. The molecule has 29 heavy (non-hydrogen) atoms. The Morgan fingerprint density at radius 1 is 1.45 bits per heavy atom. The van der Waals surface area contributed by atoms with Crippen molar-refractivity contribution >= 4 is 5.91 Å². The fourth-order valence-electron chi connectivity index (χ4n) is 4.22. The van der Waals surface area contributed by atoms with Crippen LogP contribution in [0.4, 0.5) is 0 Å². The molecule has 158 valence electrons. The summed E-state index contributed by atoms with van der Waals surface area (Å²) in [4.78, 5) is 20.6. The lowest BCUT2D eigenvalue weighted by molar-refractivity contribution is -0.127. The number of carbonyl (C=O) groups excluding carboxylic acids is 1. The van der Waals surface area contributed by atoms with Crippen molar-refractivity contribution in [2.45, 2.75) is 49.8 Å². The number of ether oxygens (including phenoxy) is 1. The van der Waals surface area contributed by atoms with Crippen LogP contribution in [0.3, 0.4) is 0 Å². The number of aryl methyl sites for hydroxylation is 1. The SMILES string of the molecule is COCCNC(=O)[C@H]1C[C@@H](NCc2ccnn2C)[C@H](c2cnc(C3CC3)[nH]2)[C@@H]1O. The van der Waals surface area contributed by atoms with Crippen LogP contribution in [0.1, 0.15) is 48.3 Å². The van der Waals surface area contributed by atoms with Gasteiger partial charge in [0.25, 0.3) is 0 Å². The quantitative estimate of drug-likeness (QED) is 0.451. The van der Waals surface area contributed by atoms with Crippen LogP contribution < -0.4 is 10.6 Å². The highest BCUT2D eigenvalue weighted by molar-refractivity contribution is 5.80. The number of H-pyrrole nitrogens is 1. The van der Waals surface area contributed by atoms with Gasteiger partial charge in [-0.2, -0.15) is 5.10 Å². The van der Waals surface area contributed by atoms with Gasteiger partial charge in [-0.05, 0) is 25.3 Å². The molecule has 4 N–H and O–H groups in total. The number of nitrogens with zero attached hydrogens (tertiary/aromatic N) is 3. The van der Waals surface area contributed by atoms with Crippen molar-refractivity contribution < 1.29 is 14.6 Å². The summed E-state index contributed by atoms with van der Waals surface area (Å²) in [5, 5.41) is 21.7. The van der Waals surface area contributed by atoms with Gasteiger partial charge in [0, 0.05) is 63.2 Å². The smallest absolute Gasteiger partial charge is 0.225 e. The van der Waals surface area contributed by atoms with Crippen LogP contribution in [0.5, 0.6) is 0 Å². The number of aromatic nitrogens is 4. The molecule has 0 bridgehead atoms. The van der Waals surface area contributed by atoms with Gasteiger partial charge in [0.05, 0.1) is 24.3 Å². The summed E-state index contributed by atoms with van der Waals surface area (Å²) in [7, 11) is 3.50. The third-order valence-corrected chi connectivity index (χ3v) is 6.07. The molecule has 2 aromatic rings. The Morgan fingerprint density at radius 2 is 2.28 bits per heavy atom. The van der Waals surface area contributed by atoms with Crippen LogP contribution in [-0.4, -0.2) is 63.2 Å². The first-order valence-electron chi connectivity index (χ1n) is 10.3. The average molecular weight is 402 g/mol. The van der Waals surface area contributed by atoms with E-state index in [0.717, 1.165) is 30.1 Å². The number of aromatic amines is 1. The molecule has 2 saturated carbocycles. The predicted octanol–water partition coefficient (Wildman–Crippen LogP) is 0.406. The Morgan fingerprint density at radius 3 is 2.97 bits per heavy atom. The number of imidazole rings is 1. The molecule has 9 heteroatoms. The Hall–Kier alpha value is -2.23. The first-order chi connectivity index (χ1) is 14.1. The highest BCUT2D eigenvalue weighted by Gasteiger charge is 2.47. The Balaban J connectivity index is 1.50. The molecule has 0 aliphatic heterocycles. The van der Waals surface area contributed by atoms with E-state index in [1.165, 1.54) is 0 Å². The van der Waals surface area contributed by atoms with Gasteiger partial charge in [0.2, 0.25) is 5.91 Å². The van der Waals surface area contributed by atoms with Crippen LogP contribution in [0.25, 0.3) is 0 Å². The topological polar surface area (TPSA) is 117 Å². The predicted molar refractivity (Wildman–Crippen MR) is 106 cm³/mol. The molecule has 0 unspecified atom stereocenters. The molecule has 0 saturated heterocycles. The number of nitrogens with one attached hydrogen (secondary N) is 3. The molecule has 0 radical (unpaired) electrons. The van der Waals surface area contributed by atoms with Gasteiger partial charge in [-0.15, -0.1) is 0 Å². The molecule has 1 amide bonds. The summed E-state index contributed by atoms with van der Waals surface area (Å²) in [6.45, 7) is 1.50. The van der Waals surface area contributed by atoms with Gasteiger partial charge >= 0.3 is 0 Å². The third kappa shape index (κ3) is 4.36. The van der Waals surface area contributed by atoms with E-state index in [1.807, 2.05) is 24.0 Å². The molecule has 2 aromatic heterocycles. The van der Waals surface area contributed by atoms with Gasteiger partial charge < -0.3 is 25.5 Å². The third-order valence-electron chi connectivity index (χ3n) is 6.07. The maximum atomic E-state index is 12.7. The minimum absolute atomic E-state index is 0.0504. The Labute approximate surface area is 170 Å². The Bertz CT molecular complexity index is 830. The lowest BCUT2D eigenvalue weighted by atomic mass is 9.96. The normalized spacial score (nSPS) is 26.7. The number of hydrogen-bond acceptors (Lipinski definition) is 6. The number of carbonyl (C=O) groups is 1. The van der Waals surface area contributed by atoms with E-state index in [9.17, 15) is 9.90 Å².